The summed E-state index contributed by atoms with van der Waals surface area (Å²) in [5, 5.41) is 2.93. The van der Waals surface area contributed by atoms with Crippen LogP contribution in [0.1, 0.15) is 35.3 Å². The first-order chi connectivity index (χ1) is 12.0. The van der Waals surface area contributed by atoms with Gasteiger partial charge in [-0.3, -0.25) is 9.52 Å². The molecule has 0 spiro atoms. The van der Waals surface area contributed by atoms with E-state index in [1.807, 2.05) is 24.3 Å². The van der Waals surface area contributed by atoms with Crippen LogP contribution in [0.3, 0.4) is 0 Å². The molecule has 0 aromatic heterocycles. The molecule has 140 valence electrons. The molecule has 0 fully saturated rings. The van der Waals surface area contributed by atoms with E-state index in [-0.39, 0.29) is 11.3 Å². The van der Waals surface area contributed by atoms with Gasteiger partial charge < -0.3 is 5.32 Å². The summed E-state index contributed by atoms with van der Waals surface area (Å²) in [5.41, 5.74) is 2.45. The van der Waals surface area contributed by atoms with Crippen LogP contribution < -0.4 is 10.0 Å². The highest BCUT2D eigenvalue weighted by Gasteiger charge is 2.22. The Labute approximate surface area is 163 Å². The molecule has 2 rings (SSSR count). The average molecular weight is 439 g/mol. The molecule has 2 N–H and O–H groups in total. The van der Waals surface area contributed by atoms with Gasteiger partial charge in [-0.25, -0.2) is 8.42 Å². The number of amides is 1. The second-order valence-electron chi connectivity index (χ2n) is 6.98. The Balaban J connectivity index is 2.12. The summed E-state index contributed by atoms with van der Waals surface area (Å²) in [6, 6.07) is 13.0. The number of hydrogen-bond acceptors (Lipinski definition) is 3. The first-order valence-corrected chi connectivity index (χ1v) is 10.8. The van der Waals surface area contributed by atoms with Crippen molar-refractivity contribution in [1.82, 2.24) is 5.32 Å². The van der Waals surface area contributed by atoms with Gasteiger partial charge in [0.25, 0.3) is 5.91 Å². The van der Waals surface area contributed by atoms with Crippen molar-refractivity contribution in [3.63, 3.8) is 0 Å². The molecule has 0 bridgehead atoms. The zero-order chi connectivity index (χ0) is 19.5. The predicted molar refractivity (Wildman–Crippen MR) is 109 cm³/mol. The number of benzene rings is 2. The SMILES string of the molecule is Cc1ccc(C(=O)NCC(C)(C)c2ccc(Br)cc2)cc1NS(C)(=O)=O. The van der Waals surface area contributed by atoms with Crippen molar-refractivity contribution in [2.45, 2.75) is 26.2 Å². The average Bonchev–Trinajstić information content (AvgIpc) is 2.54. The number of nitrogens with one attached hydrogen (secondary N) is 2. The minimum atomic E-state index is -3.40. The van der Waals surface area contributed by atoms with Crippen LogP contribution in [0.4, 0.5) is 5.69 Å². The molecule has 0 atom stereocenters. The van der Waals surface area contributed by atoms with E-state index in [0.717, 1.165) is 21.9 Å². The molecule has 7 heteroatoms. The van der Waals surface area contributed by atoms with Crippen molar-refractivity contribution < 1.29 is 13.2 Å². The molecule has 0 aliphatic heterocycles. The Bertz CT molecular complexity index is 907. The predicted octanol–water partition coefficient (Wildman–Crippen LogP) is 3.84. The highest BCUT2D eigenvalue weighted by molar-refractivity contribution is 9.10. The van der Waals surface area contributed by atoms with Gasteiger partial charge in [-0.15, -0.1) is 0 Å². The highest BCUT2D eigenvalue weighted by Crippen LogP contribution is 2.24. The van der Waals surface area contributed by atoms with E-state index < -0.39 is 10.0 Å². The van der Waals surface area contributed by atoms with Crippen molar-refractivity contribution in [3.05, 3.63) is 63.6 Å². The Kier molecular flexibility index (Phi) is 6.13. The summed E-state index contributed by atoms with van der Waals surface area (Å²) in [5.74, 6) is -0.244. The van der Waals surface area contributed by atoms with Gasteiger partial charge in [0, 0.05) is 22.0 Å². The summed E-state index contributed by atoms with van der Waals surface area (Å²) in [7, 11) is -3.40. The van der Waals surface area contributed by atoms with Crippen LogP contribution in [-0.4, -0.2) is 27.1 Å². The van der Waals surface area contributed by atoms with E-state index >= 15 is 0 Å². The third-order valence-corrected chi connectivity index (χ3v) is 5.23. The van der Waals surface area contributed by atoms with E-state index in [1.54, 1.807) is 25.1 Å². The lowest BCUT2D eigenvalue weighted by molar-refractivity contribution is 0.0945. The molecule has 0 heterocycles. The maximum atomic E-state index is 12.5. The van der Waals surface area contributed by atoms with Crippen LogP contribution in [0.2, 0.25) is 0 Å². The zero-order valence-electron chi connectivity index (χ0n) is 15.3. The molecule has 0 saturated carbocycles. The summed E-state index contributed by atoms with van der Waals surface area (Å²) < 4.78 is 26.4. The lowest BCUT2D eigenvalue weighted by atomic mass is 9.84. The Morgan fingerprint density at radius 3 is 2.31 bits per heavy atom. The maximum Gasteiger partial charge on any atom is 0.251 e. The first-order valence-electron chi connectivity index (χ1n) is 8.11. The number of sulfonamides is 1. The molecule has 0 aliphatic rings. The molecule has 0 radical (unpaired) electrons. The smallest absolute Gasteiger partial charge is 0.251 e. The highest BCUT2D eigenvalue weighted by atomic mass is 79.9. The second kappa shape index (κ2) is 7.80. The van der Waals surface area contributed by atoms with E-state index in [2.05, 4.69) is 39.8 Å². The summed E-state index contributed by atoms with van der Waals surface area (Å²) in [6.45, 7) is 6.35. The van der Waals surface area contributed by atoms with Crippen LogP contribution in [0, 0.1) is 6.92 Å². The molecule has 0 unspecified atom stereocenters. The van der Waals surface area contributed by atoms with Crippen molar-refractivity contribution in [3.8, 4) is 0 Å². The van der Waals surface area contributed by atoms with Gasteiger partial charge in [-0.05, 0) is 42.3 Å². The summed E-state index contributed by atoms with van der Waals surface area (Å²) >= 11 is 3.42. The molecule has 5 nitrogen and oxygen atoms in total. The van der Waals surface area contributed by atoms with E-state index in [9.17, 15) is 13.2 Å². The fourth-order valence-electron chi connectivity index (χ4n) is 2.48. The zero-order valence-corrected chi connectivity index (χ0v) is 17.7. The number of carbonyl (C=O) groups is 1. The molecule has 0 aliphatic carbocycles. The van der Waals surface area contributed by atoms with Crippen LogP contribution in [0.15, 0.2) is 46.9 Å². The molecular weight excluding hydrogens is 416 g/mol. The monoisotopic (exact) mass is 438 g/mol. The van der Waals surface area contributed by atoms with Crippen LogP contribution in [0.25, 0.3) is 0 Å². The quantitative estimate of drug-likeness (QED) is 0.719. The maximum absolute atomic E-state index is 12.5. The minimum absolute atomic E-state index is 0.241. The standard InChI is InChI=1S/C19H23BrN2O3S/c1-13-5-6-14(11-17(13)22-26(4,24)25)18(23)21-12-19(2,3)15-7-9-16(20)10-8-15/h5-11,22H,12H2,1-4H3,(H,21,23). The largest absolute Gasteiger partial charge is 0.351 e. The van der Waals surface area contributed by atoms with Gasteiger partial charge in [-0.2, -0.15) is 0 Å². The van der Waals surface area contributed by atoms with Gasteiger partial charge in [0.1, 0.15) is 0 Å². The number of anilines is 1. The fraction of sp³-hybridized carbons (Fsp3) is 0.316. The van der Waals surface area contributed by atoms with Crippen molar-refractivity contribution >= 4 is 37.5 Å². The molecule has 0 saturated heterocycles. The molecule has 26 heavy (non-hydrogen) atoms. The first kappa shape index (κ1) is 20.5. The molecule has 2 aromatic carbocycles. The lowest BCUT2D eigenvalue weighted by Crippen LogP contribution is -2.36. The Hall–Kier alpha value is -1.86. The number of halogens is 1. The number of rotatable bonds is 6. The Morgan fingerprint density at radius 2 is 1.73 bits per heavy atom. The van der Waals surface area contributed by atoms with E-state index in [0.29, 0.717) is 17.8 Å². The second-order valence-corrected chi connectivity index (χ2v) is 9.64. The third kappa shape index (κ3) is 5.57. The molecule has 1 amide bonds. The van der Waals surface area contributed by atoms with Crippen molar-refractivity contribution in [1.29, 1.82) is 0 Å². The van der Waals surface area contributed by atoms with Gasteiger partial charge in [0.15, 0.2) is 0 Å². The van der Waals surface area contributed by atoms with Crippen LogP contribution >= 0.6 is 15.9 Å². The van der Waals surface area contributed by atoms with Gasteiger partial charge in [0.05, 0.1) is 11.9 Å². The van der Waals surface area contributed by atoms with Gasteiger partial charge in [-0.1, -0.05) is 48.0 Å². The molecular formula is C19H23BrN2O3S. The lowest BCUT2D eigenvalue weighted by Gasteiger charge is -2.26. The van der Waals surface area contributed by atoms with Crippen molar-refractivity contribution in [2.75, 3.05) is 17.5 Å². The van der Waals surface area contributed by atoms with Gasteiger partial charge in [0.2, 0.25) is 10.0 Å². The topological polar surface area (TPSA) is 75.3 Å². The van der Waals surface area contributed by atoms with Crippen LogP contribution in [0.5, 0.6) is 0 Å². The number of hydrogen-bond donors (Lipinski definition) is 2. The van der Waals surface area contributed by atoms with Crippen LogP contribution in [-0.2, 0) is 15.4 Å². The van der Waals surface area contributed by atoms with E-state index in [1.165, 1.54) is 0 Å². The summed E-state index contributed by atoms with van der Waals surface area (Å²) in [6.07, 6.45) is 1.08. The third-order valence-electron chi connectivity index (χ3n) is 4.11. The summed E-state index contributed by atoms with van der Waals surface area (Å²) in [4.78, 5) is 12.5. The number of carbonyl (C=O) groups excluding carboxylic acids is 1. The van der Waals surface area contributed by atoms with Gasteiger partial charge >= 0.3 is 0 Å². The Morgan fingerprint density at radius 1 is 1.12 bits per heavy atom. The van der Waals surface area contributed by atoms with E-state index in [4.69, 9.17) is 0 Å². The van der Waals surface area contributed by atoms with Crippen molar-refractivity contribution in [2.24, 2.45) is 0 Å². The fourth-order valence-corrected chi connectivity index (χ4v) is 3.36. The number of aryl methyl sites for hydroxylation is 1. The normalized spacial score (nSPS) is 11.9. The molecule has 2 aromatic rings. The minimum Gasteiger partial charge on any atom is -0.351 e.